The molecule has 177 valence electrons. The molecule has 36 heavy (non-hydrogen) atoms. The van der Waals surface area contributed by atoms with E-state index in [1.165, 1.54) is 15.4 Å². The highest BCUT2D eigenvalue weighted by atomic mass is 35.5. The van der Waals surface area contributed by atoms with Crippen LogP contribution in [0.5, 0.6) is 0 Å². The molecular weight excluding hydrogens is 496 g/mol. The zero-order valence-electron chi connectivity index (χ0n) is 19.0. The summed E-state index contributed by atoms with van der Waals surface area (Å²) in [6.07, 6.45) is 4.53. The first-order chi connectivity index (χ1) is 17.5. The van der Waals surface area contributed by atoms with Gasteiger partial charge in [0.2, 0.25) is 0 Å². The fraction of sp³-hybridized carbons (Fsp3) is 0.125. The lowest BCUT2D eigenvalue weighted by Gasteiger charge is -2.24. The molecule has 0 atom stereocenters. The number of para-hydroxylation sites is 1. The van der Waals surface area contributed by atoms with Crippen LogP contribution in [-0.2, 0) is 11.3 Å². The van der Waals surface area contributed by atoms with E-state index in [0.29, 0.717) is 43.1 Å². The minimum absolute atomic E-state index is 0.0296. The number of benzene rings is 1. The van der Waals surface area contributed by atoms with Gasteiger partial charge in [-0.1, -0.05) is 36.3 Å². The van der Waals surface area contributed by atoms with Crippen LogP contribution in [0.4, 0.5) is 5.82 Å². The highest BCUT2D eigenvalue weighted by molar-refractivity contribution is 6.62. The number of nitrogens with zero attached hydrogens (tertiary/aromatic N) is 7. The number of fused-ring (bicyclic) bond motifs is 2. The van der Waals surface area contributed by atoms with Crippen LogP contribution in [0.1, 0.15) is 11.4 Å². The Morgan fingerprint density at radius 1 is 1.28 bits per heavy atom. The lowest BCUT2D eigenvalue weighted by Crippen LogP contribution is -2.35. The van der Waals surface area contributed by atoms with Gasteiger partial charge in [-0.05, 0) is 23.9 Å². The van der Waals surface area contributed by atoms with Gasteiger partial charge in [0.1, 0.15) is 29.4 Å². The van der Waals surface area contributed by atoms with E-state index in [4.69, 9.17) is 11.6 Å². The van der Waals surface area contributed by atoms with Gasteiger partial charge in [0.25, 0.3) is 5.56 Å². The lowest BCUT2D eigenvalue weighted by atomic mass is 10.2. The van der Waals surface area contributed by atoms with Crippen molar-refractivity contribution < 1.29 is 4.79 Å². The number of hydrogen-bond acceptors (Lipinski definition) is 7. The molecule has 0 aliphatic rings. The summed E-state index contributed by atoms with van der Waals surface area (Å²) in [4.78, 5) is 39.7. The molecule has 10 nitrogen and oxygen atoms in total. The van der Waals surface area contributed by atoms with Gasteiger partial charge in [0.05, 0.1) is 34.7 Å². The second kappa shape index (κ2) is 9.69. The van der Waals surface area contributed by atoms with Gasteiger partial charge >= 0.3 is 0 Å². The van der Waals surface area contributed by atoms with Crippen LogP contribution in [0.2, 0.25) is 11.6 Å². The van der Waals surface area contributed by atoms with E-state index in [1.54, 1.807) is 41.2 Å². The number of nitrogens with one attached hydrogen (secondary N) is 1. The molecule has 1 radical (unpaired) electrons. The predicted octanol–water partition coefficient (Wildman–Crippen LogP) is 2.41. The Balaban J connectivity index is 1.73. The number of Topliss-reactive ketones (excluding diaryl/α,β-unsaturated/α-hetero) is 1. The van der Waals surface area contributed by atoms with Crippen molar-refractivity contribution >= 4 is 54.6 Å². The van der Waals surface area contributed by atoms with Crippen LogP contribution in [-0.4, -0.2) is 56.3 Å². The van der Waals surface area contributed by atoms with Crippen molar-refractivity contribution in [2.45, 2.75) is 13.1 Å². The number of carbonyl (C=O) groups is 1. The number of aromatic nitrogens is 6. The second-order valence-corrected chi connectivity index (χ2v) is 9.11. The normalized spacial score (nSPS) is 11.4. The summed E-state index contributed by atoms with van der Waals surface area (Å²) in [7, 11) is 0.329. The second-order valence-electron chi connectivity index (χ2n) is 7.84. The van der Waals surface area contributed by atoms with Crippen LogP contribution in [0.3, 0.4) is 0 Å². The molecule has 0 unspecified atom stereocenters. The third-order valence-electron chi connectivity index (χ3n) is 5.57. The monoisotopic (exact) mass is 513 g/mol. The third kappa shape index (κ3) is 4.13. The highest BCUT2D eigenvalue weighted by Gasteiger charge is 2.23. The van der Waals surface area contributed by atoms with E-state index in [9.17, 15) is 14.9 Å². The Kier molecular flexibility index (Phi) is 6.28. The molecule has 0 saturated carbocycles. The average molecular weight is 514 g/mol. The summed E-state index contributed by atoms with van der Waals surface area (Å²) in [6.45, 7) is 1.92. The standard InChI is InChI=1S/C24H18ClN8O2Si/c1-36-13-17(34)11-31(23-20-15(9-26)10-27-22(20)28-14-29-23)12-19-30-32-8-7-18(25)21(32)24(35)33(19)16-5-3-2-4-6-16/h2-8,10,13-14H,11-12H2,1H3,(H,27,28,29). The molecule has 4 aromatic heterocycles. The fourth-order valence-corrected chi connectivity index (χ4v) is 4.70. The molecule has 12 heteroatoms. The van der Waals surface area contributed by atoms with Crippen LogP contribution in [0, 0.1) is 11.3 Å². The van der Waals surface area contributed by atoms with Gasteiger partial charge in [-0.2, -0.15) is 10.4 Å². The summed E-state index contributed by atoms with van der Waals surface area (Å²) >= 11 is 6.30. The van der Waals surface area contributed by atoms with Crippen LogP contribution < -0.4 is 10.5 Å². The average Bonchev–Trinajstić information content (AvgIpc) is 3.47. The third-order valence-corrected chi connectivity index (χ3v) is 6.49. The summed E-state index contributed by atoms with van der Waals surface area (Å²) in [5, 5.41) is 15.1. The number of ketones is 1. The summed E-state index contributed by atoms with van der Waals surface area (Å²) in [5.74, 6) is 0.632. The smallest absolute Gasteiger partial charge is 0.284 e. The van der Waals surface area contributed by atoms with E-state index in [1.807, 2.05) is 24.7 Å². The summed E-state index contributed by atoms with van der Waals surface area (Å²) < 4.78 is 2.91. The van der Waals surface area contributed by atoms with Gasteiger partial charge in [-0.3, -0.25) is 14.2 Å². The number of rotatable bonds is 7. The predicted molar refractivity (Wildman–Crippen MR) is 138 cm³/mol. The Morgan fingerprint density at radius 3 is 2.83 bits per heavy atom. The Bertz CT molecular complexity index is 1730. The minimum Gasteiger partial charge on any atom is -0.345 e. The highest BCUT2D eigenvalue weighted by Crippen LogP contribution is 2.27. The number of hydrogen-bond donors (Lipinski definition) is 1. The Hall–Kier alpha value is -4.40. The first kappa shape index (κ1) is 23.3. The maximum atomic E-state index is 13.6. The quantitative estimate of drug-likeness (QED) is 0.331. The topological polar surface area (TPSA) is 125 Å². The zero-order valence-corrected chi connectivity index (χ0v) is 20.8. The molecule has 0 aliphatic heterocycles. The summed E-state index contributed by atoms with van der Waals surface area (Å²) in [6, 6.07) is 12.8. The number of nitriles is 1. The molecule has 0 fully saturated rings. The first-order valence-electron chi connectivity index (χ1n) is 10.9. The zero-order chi connectivity index (χ0) is 25.2. The Labute approximate surface area is 211 Å². The van der Waals surface area contributed by atoms with Crippen molar-refractivity contribution in [3.05, 3.63) is 81.9 Å². The molecule has 1 aromatic carbocycles. The molecular formula is C24H18ClN8O2Si. The van der Waals surface area contributed by atoms with E-state index in [0.717, 1.165) is 0 Å². The number of aromatic amines is 1. The number of H-pyrrole nitrogens is 1. The van der Waals surface area contributed by atoms with Crippen molar-refractivity contribution in [3.8, 4) is 11.8 Å². The molecule has 5 aromatic rings. The lowest BCUT2D eigenvalue weighted by molar-refractivity contribution is -0.111. The van der Waals surface area contributed by atoms with Crippen molar-refractivity contribution in [3.63, 3.8) is 0 Å². The van der Waals surface area contributed by atoms with Gasteiger partial charge < -0.3 is 9.88 Å². The van der Waals surface area contributed by atoms with Crippen LogP contribution >= 0.6 is 11.6 Å². The van der Waals surface area contributed by atoms with Crippen molar-refractivity contribution in [1.29, 1.82) is 5.26 Å². The first-order valence-corrected chi connectivity index (χ1v) is 12.8. The molecule has 5 rings (SSSR count). The number of halogens is 1. The molecule has 1 N–H and O–H groups in total. The minimum atomic E-state index is -0.346. The molecule has 0 bridgehead atoms. The number of carbonyl (C=O) groups excluding carboxylic acids is 1. The van der Waals surface area contributed by atoms with Gasteiger partial charge in [0.15, 0.2) is 11.6 Å². The number of anilines is 1. The molecule has 0 amide bonds. The van der Waals surface area contributed by atoms with Crippen molar-refractivity contribution in [2.24, 2.45) is 0 Å². The SMILES string of the molecule is C[Si]=CC(=O)CN(Cc1nn2ccc(Cl)c2c(=O)n1-c1ccccc1)c1ncnc2[nH]cc(C#N)c12. The maximum absolute atomic E-state index is 13.6. The van der Waals surface area contributed by atoms with Crippen LogP contribution in [0.25, 0.3) is 22.2 Å². The largest absolute Gasteiger partial charge is 0.345 e. The molecule has 4 heterocycles. The summed E-state index contributed by atoms with van der Waals surface area (Å²) in [5.41, 5.74) is 2.93. The van der Waals surface area contributed by atoms with E-state index in [2.05, 4.69) is 26.1 Å². The van der Waals surface area contributed by atoms with Gasteiger partial charge in [-0.15, -0.1) is 0 Å². The Morgan fingerprint density at radius 2 is 2.08 bits per heavy atom. The van der Waals surface area contributed by atoms with Crippen molar-refractivity contribution in [2.75, 3.05) is 11.4 Å². The fourth-order valence-electron chi connectivity index (χ4n) is 4.07. The molecule has 0 aliphatic carbocycles. The molecule has 0 saturated heterocycles. The van der Waals surface area contributed by atoms with Crippen molar-refractivity contribution in [1.82, 2.24) is 29.1 Å². The van der Waals surface area contributed by atoms with E-state index >= 15 is 0 Å². The maximum Gasteiger partial charge on any atom is 0.284 e. The van der Waals surface area contributed by atoms with Gasteiger partial charge in [0, 0.05) is 21.5 Å². The van der Waals surface area contributed by atoms with Gasteiger partial charge in [-0.25, -0.2) is 14.5 Å². The van der Waals surface area contributed by atoms with E-state index in [-0.39, 0.29) is 35.0 Å². The molecule has 0 spiro atoms. The van der Waals surface area contributed by atoms with E-state index < -0.39 is 0 Å². The van der Waals surface area contributed by atoms with Crippen LogP contribution in [0.15, 0.2) is 59.9 Å².